The van der Waals surface area contributed by atoms with Crippen LogP contribution in [-0.4, -0.2) is 4.57 Å². The van der Waals surface area contributed by atoms with Crippen molar-refractivity contribution in [2.75, 3.05) is 5.73 Å². The number of anilines is 1. The molecule has 1 heterocycles. The molecule has 19 heavy (non-hydrogen) atoms. The molecular weight excluding hydrogens is 234 g/mol. The molecule has 0 radical (unpaired) electrons. The number of nitrogens with two attached hydrogens (primary N) is 1. The summed E-state index contributed by atoms with van der Waals surface area (Å²) in [6, 6.07) is 17.8. The molecule has 0 spiro atoms. The summed E-state index contributed by atoms with van der Waals surface area (Å²) in [5.74, 6) is 0. The molecule has 0 saturated carbocycles. The highest BCUT2D eigenvalue weighted by Gasteiger charge is 2.14. The molecule has 0 aliphatic rings. The topological polar surface area (TPSA) is 54.7 Å². The van der Waals surface area contributed by atoms with E-state index in [1.54, 1.807) is 0 Å². The normalized spacial score (nSPS) is 10.5. The van der Waals surface area contributed by atoms with Crippen molar-refractivity contribution in [2.24, 2.45) is 0 Å². The second-order valence-corrected chi connectivity index (χ2v) is 4.48. The molecule has 0 bridgehead atoms. The molecule has 0 aliphatic carbocycles. The van der Waals surface area contributed by atoms with E-state index in [-0.39, 0.29) is 0 Å². The monoisotopic (exact) mass is 247 g/mol. The fourth-order valence-corrected chi connectivity index (χ4v) is 2.47. The quantitative estimate of drug-likeness (QED) is 0.716. The molecule has 3 heteroatoms. The fraction of sp³-hybridized carbons (Fsp3) is 0.0625. The van der Waals surface area contributed by atoms with Gasteiger partial charge in [-0.2, -0.15) is 5.26 Å². The second-order valence-electron chi connectivity index (χ2n) is 4.48. The van der Waals surface area contributed by atoms with E-state index >= 15 is 0 Å². The van der Waals surface area contributed by atoms with Crippen molar-refractivity contribution in [1.82, 2.24) is 4.57 Å². The van der Waals surface area contributed by atoms with Crippen LogP contribution in [0.1, 0.15) is 11.3 Å². The lowest BCUT2D eigenvalue weighted by atomic mass is 10.2. The summed E-state index contributed by atoms with van der Waals surface area (Å²) < 4.78 is 2.04. The van der Waals surface area contributed by atoms with E-state index in [9.17, 15) is 5.26 Å². The van der Waals surface area contributed by atoms with Crippen LogP contribution in [0.2, 0.25) is 0 Å². The Morgan fingerprint density at radius 1 is 1.05 bits per heavy atom. The summed E-state index contributed by atoms with van der Waals surface area (Å²) in [6.07, 6.45) is 0. The molecule has 92 valence electrons. The van der Waals surface area contributed by atoms with Gasteiger partial charge in [0.25, 0.3) is 0 Å². The van der Waals surface area contributed by atoms with Crippen molar-refractivity contribution in [3.63, 3.8) is 0 Å². The van der Waals surface area contributed by atoms with Crippen LogP contribution >= 0.6 is 0 Å². The molecule has 0 aliphatic heterocycles. The molecule has 0 saturated heterocycles. The number of hydrogen-bond donors (Lipinski definition) is 1. The fourth-order valence-electron chi connectivity index (χ4n) is 2.47. The summed E-state index contributed by atoms with van der Waals surface area (Å²) in [7, 11) is 0. The first-order chi connectivity index (χ1) is 9.24. The Hall–Kier alpha value is -2.73. The van der Waals surface area contributed by atoms with Crippen molar-refractivity contribution in [1.29, 1.82) is 5.26 Å². The summed E-state index contributed by atoms with van der Waals surface area (Å²) >= 11 is 0. The smallest absolute Gasteiger partial charge is 0.101 e. The Balaban J connectivity index is 2.44. The first-order valence-corrected chi connectivity index (χ1v) is 6.09. The van der Waals surface area contributed by atoms with Gasteiger partial charge < -0.3 is 10.3 Å². The molecule has 2 N–H and O–H groups in total. The molecule has 0 fully saturated rings. The van der Waals surface area contributed by atoms with E-state index in [0.717, 1.165) is 28.0 Å². The molecule has 0 unspecified atom stereocenters. The summed E-state index contributed by atoms with van der Waals surface area (Å²) in [4.78, 5) is 0. The highest BCUT2D eigenvalue weighted by molar-refractivity contribution is 5.95. The lowest BCUT2D eigenvalue weighted by molar-refractivity contribution is 1.05. The minimum absolute atomic E-state index is 0.645. The molecule has 1 aromatic heterocycles. The van der Waals surface area contributed by atoms with Crippen LogP contribution in [0.4, 0.5) is 5.69 Å². The van der Waals surface area contributed by atoms with Crippen LogP contribution in [0.3, 0.4) is 0 Å². The minimum Gasteiger partial charge on any atom is -0.397 e. The number of fused-ring (bicyclic) bond motifs is 1. The van der Waals surface area contributed by atoms with Gasteiger partial charge in [-0.05, 0) is 25.1 Å². The van der Waals surface area contributed by atoms with Crippen LogP contribution < -0.4 is 5.73 Å². The van der Waals surface area contributed by atoms with E-state index in [1.807, 2.05) is 60.0 Å². The highest BCUT2D eigenvalue weighted by atomic mass is 15.0. The predicted octanol–water partition coefficient (Wildman–Crippen LogP) is 3.39. The lowest BCUT2D eigenvalue weighted by Crippen LogP contribution is -2.00. The van der Waals surface area contributed by atoms with Gasteiger partial charge in [0.2, 0.25) is 0 Å². The first-order valence-electron chi connectivity index (χ1n) is 6.09. The van der Waals surface area contributed by atoms with E-state index in [2.05, 4.69) is 6.07 Å². The van der Waals surface area contributed by atoms with Crippen molar-refractivity contribution >= 4 is 16.6 Å². The van der Waals surface area contributed by atoms with Crippen molar-refractivity contribution < 1.29 is 0 Å². The van der Waals surface area contributed by atoms with Gasteiger partial charge in [-0.25, -0.2) is 0 Å². The predicted molar refractivity (Wildman–Crippen MR) is 77.1 cm³/mol. The number of para-hydroxylation sites is 2. The third-order valence-corrected chi connectivity index (χ3v) is 3.43. The number of nitriles is 1. The maximum absolute atomic E-state index is 9.25. The number of aromatic nitrogens is 1. The Kier molecular flexibility index (Phi) is 2.50. The van der Waals surface area contributed by atoms with Crippen LogP contribution in [0, 0.1) is 18.3 Å². The molecule has 0 atom stereocenters. The second kappa shape index (κ2) is 4.18. The Bertz CT molecular complexity index is 806. The van der Waals surface area contributed by atoms with E-state index in [1.165, 1.54) is 0 Å². The van der Waals surface area contributed by atoms with E-state index in [0.29, 0.717) is 5.56 Å². The minimum atomic E-state index is 0.645. The number of benzene rings is 2. The number of hydrogen-bond acceptors (Lipinski definition) is 2. The van der Waals surface area contributed by atoms with E-state index in [4.69, 9.17) is 5.73 Å². The van der Waals surface area contributed by atoms with Gasteiger partial charge >= 0.3 is 0 Å². The molecule has 3 rings (SSSR count). The van der Waals surface area contributed by atoms with Crippen molar-refractivity contribution in [3.05, 3.63) is 59.8 Å². The van der Waals surface area contributed by atoms with Gasteiger partial charge in [-0.1, -0.05) is 30.3 Å². The van der Waals surface area contributed by atoms with Gasteiger partial charge in [0.15, 0.2) is 0 Å². The van der Waals surface area contributed by atoms with Crippen LogP contribution in [-0.2, 0) is 0 Å². The molecule has 3 nitrogen and oxygen atoms in total. The third kappa shape index (κ3) is 1.58. The SMILES string of the molecule is Cc1c(N)c2ccccc2n1-c1ccccc1C#N. The zero-order valence-corrected chi connectivity index (χ0v) is 10.6. The van der Waals surface area contributed by atoms with Crippen LogP contribution in [0.25, 0.3) is 16.6 Å². The number of nitrogen functional groups attached to an aromatic ring is 1. The van der Waals surface area contributed by atoms with Crippen LogP contribution in [0.5, 0.6) is 0 Å². The molecule has 2 aromatic carbocycles. The van der Waals surface area contributed by atoms with Gasteiger partial charge in [0.05, 0.1) is 22.5 Å². The van der Waals surface area contributed by atoms with Gasteiger partial charge in [-0.15, -0.1) is 0 Å². The van der Waals surface area contributed by atoms with Crippen molar-refractivity contribution in [3.8, 4) is 11.8 Å². The largest absolute Gasteiger partial charge is 0.397 e. The lowest BCUT2D eigenvalue weighted by Gasteiger charge is -2.09. The average Bonchev–Trinajstić information content (AvgIpc) is 2.71. The maximum atomic E-state index is 9.25. The third-order valence-electron chi connectivity index (χ3n) is 3.43. The average molecular weight is 247 g/mol. The first kappa shape index (κ1) is 11.4. The molecule has 3 aromatic rings. The summed E-state index contributed by atoms with van der Waals surface area (Å²) in [6.45, 7) is 1.98. The van der Waals surface area contributed by atoms with Crippen LogP contribution in [0.15, 0.2) is 48.5 Å². The molecule has 0 amide bonds. The standard InChI is InChI=1S/C16H13N3/c1-11-16(18)13-7-3-5-9-15(13)19(11)14-8-4-2-6-12(14)10-17/h2-9H,18H2,1H3. The maximum Gasteiger partial charge on any atom is 0.101 e. The summed E-state index contributed by atoms with van der Waals surface area (Å²) in [5, 5.41) is 10.3. The number of nitrogens with zero attached hydrogens (tertiary/aromatic N) is 2. The number of rotatable bonds is 1. The summed E-state index contributed by atoms with van der Waals surface area (Å²) in [5.41, 5.74) is 10.4. The Labute approximate surface area is 111 Å². The van der Waals surface area contributed by atoms with Gasteiger partial charge in [-0.3, -0.25) is 0 Å². The van der Waals surface area contributed by atoms with Crippen molar-refractivity contribution in [2.45, 2.75) is 6.92 Å². The zero-order chi connectivity index (χ0) is 13.4. The van der Waals surface area contributed by atoms with Gasteiger partial charge in [0, 0.05) is 11.1 Å². The molecular formula is C16H13N3. The van der Waals surface area contributed by atoms with Gasteiger partial charge in [0.1, 0.15) is 6.07 Å². The van der Waals surface area contributed by atoms with E-state index < -0.39 is 0 Å². The Morgan fingerprint density at radius 3 is 2.53 bits per heavy atom. The highest BCUT2D eigenvalue weighted by Crippen LogP contribution is 2.31. The Morgan fingerprint density at radius 2 is 1.74 bits per heavy atom. The zero-order valence-electron chi connectivity index (χ0n) is 10.6.